The van der Waals surface area contributed by atoms with Gasteiger partial charge in [0.05, 0.1) is 17.8 Å². The lowest BCUT2D eigenvalue weighted by Crippen LogP contribution is -2.16. The molecule has 0 spiro atoms. The van der Waals surface area contributed by atoms with Gasteiger partial charge < -0.3 is 16.9 Å². The molecule has 6 heteroatoms. The van der Waals surface area contributed by atoms with E-state index in [1.807, 2.05) is 146 Å². The average Bonchev–Trinajstić information content (AvgIpc) is 3.29. The first-order valence-corrected chi connectivity index (χ1v) is 19.1. The molecule has 58 heavy (non-hydrogen) atoms. The molecule has 0 atom stereocenters. The topological polar surface area (TPSA) is 114 Å². The van der Waals surface area contributed by atoms with Gasteiger partial charge in [-0.25, -0.2) is 4.99 Å². The summed E-state index contributed by atoms with van der Waals surface area (Å²) in [5.41, 5.74) is 24.9. The third kappa shape index (κ3) is 9.75. The second-order valence-electron chi connectivity index (χ2n) is 13.7. The molecule has 0 bridgehead atoms. The number of nitrogens with zero attached hydrogens (tertiary/aromatic N) is 3. The third-order valence-corrected chi connectivity index (χ3v) is 9.63. The molecule has 7 aromatic carbocycles. The molecule has 6 nitrogen and oxygen atoms in total. The summed E-state index contributed by atoms with van der Waals surface area (Å²) >= 11 is 0. The summed E-state index contributed by atoms with van der Waals surface area (Å²) < 4.78 is 0. The van der Waals surface area contributed by atoms with Crippen molar-refractivity contribution in [3.8, 4) is 22.3 Å². The molecule has 0 aliphatic rings. The Morgan fingerprint density at radius 2 is 1.09 bits per heavy atom. The Morgan fingerprint density at radius 1 is 0.552 bits per heavy atom. The highest BCUT2D eigenvalue weighted by Crippen LogP contribution is 2.36. The van der Waals surface area contributed by atoms with Crippen LogP contribution < -0.4 is 11.5 Å². The summed E-state index contributed by atoms with van der Waals surface area (Å²) in [7, 11) is 0. The van der Waals surface area contributed by atoms with Crippen molar-refractivity contribution in [2.24, 2.45) is 21.5 Å². The molecule has 0 saturated carbocycles. The van der Waals surface area contributed by atoms with Crippen molar-refractivity contribution in [3.63, 3.8) is 0 Å². The van der Waals surface area contributed by atoms with Gasteiger partial charge in [0.15, 0.2) is 5.84 Å². The lowest BCUT2D eigenvalue weighted by molar-refractivity contribution is 1.06. The van der Waals surface area contributed by atoms with Crippen molar-refractivity contribution in [3.05, 3.63) is 240 Å². The van der Waals surface area contributed by atoms with Gasteiger partial charge in [0, 0.05) is 28.4 Å². The first-order chi connectivity index (χ1) is 28.4. The van der Waals surface area contributed by atoms with Gasteiger partial charge in [0.2, 0.25) is 0 Å². The van der Waals surface area contributed by atoms with Crippen LogP contribution in [0.15, 0.2) is 216 Å². The number of fused-ring (bicyclic) bond motifs is 1. The number of benzene rings is 7. The predicted octanol–water partition coefficient (Wildman–Crippen LogP) is 11.3. The summed E-state index contributed by atoms with van der Waals surface area (Å²) in [5, 5.41) is 9.50. The van der Waals surface area contributed by atoms with E-state index in [2.05, 4.69) is 61.5 Å². The van der Waals surface area contributed by atoms with Crippen LogP contribution in [0.25, 0.3) is 38.9 Å². The number of nitrogens with one attached hydrogen (secondary N) is 1. The van der Waals surface area contributed by atoms with Crippen LogP contribution >= 0.6 is 0 Å². The Hall–Kier alpha value is -7.70. The molecule has 5 N–H and O–H groups in total. The van der Waals surface area contributed by atoms with Crippen LogP contribution in [0, 0.1) is 12.3 Å². The Bertz CT molecular complexity index is 2680. The number of pyridine rings is 1. The monoisotopic (exact) mass is 752 g/mol. The maximum Gasteiger partial charge on any atom is 0.157 e. The fourth-order valence-electron chi connectivity index (χ4n) is 6.53. The summed E-state index contributed by atoms with van der Waals surface area (Å²) in [6.45, 7) is 2.59. The van der Waals surface area contributed by atoms with Crippen molar-refractivity contribution >= 4 is 34.0 Å². The Kier molecular flexibility index (Phi) is 12.5. The van der Waals surface area contributed by atoms with Crippen LogP contribution in [0.1, 0.15) is 33.4 Å². The first-order valence-electron chi connectivity index (χ1n) is 19.1. The first kappa shape index (κ1) is 38.6. The van der Waals surface area contributed by atoms with E-state index in [9.17, 15) is 0 Å². The second-order valence-corrected chi connectivity index (χ2v) is 13.7. The van der Waals surface area contributed by atoms with E-state index in [0.717, 1.165) is 61.0 Å². The molecule has 0 aliphatic carbocycles. The predicted molar refractivity (Wildman–Crippen MR) is 243 cm³/mol. The van der Waals surface area contributed by atoms with Gasteiger partial charge in [-0.05, 0) is 64.1 Å². The van der Waals surface area contributed by atoms with Crippen LogP contribution in [0.2, 0.25) is 0 Å². The standard InChI is InChI=1S/C45H36N6.C7H8/c46-40(34-13-6-2-7-14-34)29-41(47)35-23-19-33(20-24-35)39-27-28-49-42-18-10-17-38(43(39)42)32-21-25-36(26-22-32)44(48)51-45(37-15-8-3-9-16-37)50-30-31-11-4-1-5-12-31;1-7-5-3-2-4-6-7/h1-29,46H,30,47H2,(H2,48,50,51);2-6H,1H3/b41-29-,46-40?;. The Balaban J connectivity index is 0.000000662. The molecule has 0 fully saturated rings. The van der Waals surface area contributed by atoms with Gasteiger partial charge in [-0.1, -0.05) is 188 Å². The van der Waals surface area contributed by atoms with E-state index in [1.165, 1.54) is 5.56 Å². The molecular formula is C52H44N6. The van der Waals surface area contributed by atoms with Crippen LogP contribution in [0.4, 0.5) is 0 Å². The molecule has 0 saturated heterocycles. The number of hydrogen-bond donors (Lipinski definition) is 3. The van der Waals surface area contributed by atoms with Crippen molar-refractivity contribution in [1.29, 1.82) is 5.41 Å². The van der Waals surface area contributed by atoms with Gasteiger partial charge >= 0.3 is 0 Å². The van der Waals surface area contributed by atoms with E-state index < -0.39 is 0 Å². The van der Waals surface area contributed by atoms with Crippen LogP contribution in [0.5, 0.6) is 0 Å². The molecule has 1 aromatic heterocycles. The minimum absolute atomic E-state index is 0.369. The third-order valence-electron chi connectivity index (χ3n) is 9.63. The Morgan fingerprint density at radius 3 is 1.67 bits per heavy atom. The molecule has 0 amide bonds. The smallest absolute Gasteiger partial charge is 0.157 e. The largest absolute Gasteiger partial charge is 0.398 e. The summed E-state index contributed by atoms with van der Waals surface area (Å²) in [4.78, 5) is 14.3. The molecule has 8 rings (SSSR count). The van der Waals surface area contributed by atoms with Crippen LogP contribution in [-0.4, -0.2) is 22.4 Å². The molecular weight excluding hydrogens is 709 g/mol. The Labute approximate surface area is 340 Å². The average molecular weight is 753 g/mol. The minimum atomic E-state index is 0.369. The lowest BCUT2D eigenvalue weighted by atomic mass is 9.93. The van der Waals surface area contributed by atoms with Gasteiger partial charge in [-0.3, -0.25) is 9.98 Å². The van der Waals surface area contributed by atoms with E-state index >= 15 is 0 Å². The molecule has 0 aliphatic heterocycles. The van der Waals surface area contributed by atoms with Crippen molar-refractivity contribution in [2.45, 2.75) is 13.5 Å². The van der Waals surface area contributed by atoms with Crippen LogP contribution in [-0.2, 0) is 6.54 Å². The fourth-order valence-corrected chi connectivity index (χ4v) is 6.53. The number of hydrogen-bond acceptors (Lipinski definition) is 4. The summed E-state index contributed by atoms with van der Waals surface area (Å²) in [5.74, 6) is 0.980. The zero-order valence-electron chi connectivity index (χ0n) is 32.3. The highest BCUT2D eigenvalue weighted by atomic mass is 15.0. The van der Waals surface area contributed by atoms with E-state index in [4.69, 9.17) is 31.8 Å². The van der Waals surface area contributed by atoms with Gasteiger partial charge in [0.1, 0.15) is 5.84 Å². The van der Waals surface area contributed by atoms with Gasteiger partial charge in [-0.2, -0.15) is 0 Å². The zero-order valence-corrected chi connectivity index (χ0v) is 32.3. The highest BCUT2D eigenvalue weighted by Gasteiger charge is 2.13. The molecule has 0 unspecified atom stereocenters. The van der Waals surface area contributed by atoms with E-state index in [1.54, 1.807) is 6.08 Å². The quantitative estimate of drug-likeness (QED) is 0.101. The van der Waals surface area contributed by atoms with E-state index in [-0.39, 0.29) is 0 Å². The van der Waals surface area contributed by atoms with E-state index in [0.29, 0.717) is 29.6 Å². The molecule has 282 valence electrons. The molecule has 0 radical (unpaired) electrons. The SMILES string of the molecule is Cc1ccccc1.N=C(/C=C(\N)c1ccc(-c2ccnc3cccc(-c4ccc(C(N)=NC(=NCc5ccccc5)c5ccccc5)cc4)c23)cc1)c1ccccc1. The number of aliphatic imine (C=N–C) groups is 2. The molecule has 1 heterocycles. The van der Waals surface area contributed by atoms with Crippen molar-refractivity contribution in [2.75, 3.05) is 0 Å². The zero-order chi connectivity index (χ0) is 40.1. The van der Waals surface area contributed by atoms with Gasteiger partial charge in [0.25, 0.3) is 0 Å². The number of allylic oxidation sites excluding steroid dienone is 1. The normalized spacial score (nSPS) is 11.8. The lowest BCUT2D eigenvalue weighted by Gasteiger charge is -2.13. The van der Waals surface area contributed by atoms with Crippen LogP contribution in [0.3, 0.4) is 0 Å². The molecule has 8 aromatic rings. The maximum atomic E-state index is 8.45. The number of aromatic nitrogens is 1. The number of rotatable bonds is 9. The second kappa shape index (κ2) is 18.8. The number of aryl methyl sites for hydroxylation is 1. The number of amidine groups is 2. The fraction of sp³-hybridized carbons (Fsp3) is 0.0385. The summed E-state index contributed by atoms with van der Waals surface area (Å²) in [6, 6.07) is 64.4. The highest BCUT2D eigenvalue weighted by molar-refractivity contribution is 6.12. The maximum absolute atomic E-state index is 8.45. The van der Waals surface area contributed by atoms with Crippen molar-refractivity contribution < 1.29 is 0 Å². The number of nitrogens with two attached hydrogens (primary N) is 2. The van der Waals surface area contributed by atoms with Gasteiger partial charge in [-0.15, -0.1) is 0 Å². The summed E-state index contributed by atoms with van der Waals surface area (Å²) in [6.07, 6.45) is 3.54. The minimum Gasteiger partial charge on any atom is -0.398 e. The van der Waals surface area contributed by atoms with Crippen molar-refractivity contribution in [1.82, 2.24) is 4.98 Å².